The van der Waals surface area contributed by atoms with Crippen molar-refractivity contribution in [3.63, 3.8) is 0 Å². The summed E-state index contributed by atoms with van der Waals surface area (Å²) >= 11 is 11.6. The van der Waals surface area contributed by atoms with Gasteiger partial charge in [-0.15, -0.1) is 0 Å². The first-order valence-corrected chi connectivity index (χ1v) is 5.07. The molecule has 1 aromatic carbocycles. The molecule has 2 nitrogen and oxygen atoms in total. The normalized spacial score (nSPS) is 12.6. The van der Waals surface area contributed by atoms with Gasteiger partial charge in [0.15, 0.2) is 0 Å². The van der Waals surface area contributed by atoms with Crippen LogP contribution in [0.15, 0.2) is 18.2 Å². The fourth-order valence-electron chi connectivity index (χ4n) is 0.903. The molecule has 1 rings (SSSR count). The van der Waals surface area contributed by atoms with Gasteiger partial charge in [0.05, 0.1) is 6.61 Å². The molecule has 1 aromatic rings. The Bertz CT molecular complexity index is 282. The summed E-state index contributed by atoms with van der Waals surface area (Å²) in [6.07, 6.45) is 0. The second kappa shape index (κ2) is 5.44. The highest BCUT2D eigenvalue weighted by Crippen LogP contribution is 2.24. The van der Waals surface area contributed by atoms with E-state index in [1.165, 1.54) is 0 Å². The van der Waals surface area contributed by atoms with Crippen molar-refractivity contribution in [1.29, 1.82) is 0 Å². The van der Waals surface area contributed by atoms with Crippen molar-refractivity contribution in [2.75, 3.05) is 13.2 Å². The minimum Gasteiger partial charge on any atom is -0.493 e. The van der Waals surface area contributed by atoms with E-state index in [1.54, 1.807) is 18.2 Å². The highest BCUT2D eigenvalue weighted by molar-refractivity contribution is 6.34. The molecule has 0 aliphatic heterocycles. The Hall–Kier alpha value is -0.440. The molecule has 0 spiro atoms. The maximum atomic E-state index is 8.79. The predicted octanol–water partition coefficient (Wildman–Crippen LogP) is 3.00. The number of aliphatic hydroxyl groups excluding tert-OH is 1. The summed E-state index contributed by atoms with van der Waals surface area (Å²) in [4.78, 5) is 0. The van der Waals surface area contributed by atoms with Gasteiger partial charge in [-0.1, -0.05) is 30.1 Å². The van der Waals surface area contributed by atoms with Crippen LogP contribution >= 0.6 is 23.2 Å². The van der Waals surface area contributed by atoms with Crippen molar-refractivity contribution < 1.29 is 9.84 Å². The molecule has 0 aromatic heterocycles. The van der Waals surface area contributed by atoms with E-state index in [-0.39, 0.29) is 12.5 Å². The fraction of sp³-hybridized carbons (Fsp3) is 0.400. The zero-order valence-electron chi connectivity index (χ0n) is 7.84. The highest BCUT2D eigenvalue weighted by atomic mass is 35.5. The van der Waals surface area contributed by atoms with E-state index in [1.807, 2.05) is 6.92 Å². The van der Waals surface area contributed by atoms with Crippen LogP contribution in [-0.2, 0) is 0 Å². The van der Waals surface area contributed by atoms with Gasteiger partial charge in [0.25, 0.3) is 0 Å². The monoisotopic (exact) mass is 234 g/mol. The highest BCUT2D eigenvalue weighted by Gasteiger charge is 2.03. The number of ether oxygens (including phenoxy) is 1. The maximum Gasteiger partial charge on any atom is 0.122 e. The Balaban J connectivity index is 2.58. The number of rotatable bonds is 4. The summed E-state index contributed by atoms with van der Waals surface area (Å²) in [5, 5.41) is 9.88. The lowest BCUT2D eigenvalue weighted by molar-refractivity contribution is 0.174. The number of benzene rings is 1. The molecule has 0 aliphatic rings. The van der Waals surface area contributed by atoms with Crippen LogP contribution in [0.4, 0.5) is 0 Å². The minimum absolute atomic E-state index is 0.104. The third-order valence-corrected chi connectivity index (χ3v) is 2.12. The van der Waals surface area contributed by atoms with Crippen molar-refractivity contribution in [3.05, 3.63) is 28.2 Å². The molecule has 1 unspecified atom stereocenters. The van der Waals surface area contributed by atoms with Gasteiger partial charge in [-0.25, -0.2) is 0 Å². The van der Waals surface area contributed by atoms with Crippen LogP contribution in [0.5, 0.6) is 5.75 Å². The first-order chi connectivity index (χ1) is 6.61. The molecule has 0 saturated heterocycles. The second-order valence-electron chi connectivity index (χ2n) is 3.20. The van der Waals surface area contributed by atoms with E-state index in [0.717, 1.165) is 0 Å². The average molecular weight is 235 g/mol. The zero-order chi connectivity index (χ0) is 10.6. The SMILES string of the molecule is CC(CO)COc1cc(Cl)cc(Cl)c1. The van der Waals surface area contributed by atoms with Gasteiger partial charge in [-0.05, 0) is 18.2 Å². The van der Waals surface area contributed by atoms with Crippen LogP contribution in [0.25, 0.3) is 0 Å². The maximum absolute atomic E-state index is 8.79. The molecule has 78 valence electrons. The van der Waals surface area contributed by atoms with Crippen LogP contribution in [0.1, 0.15) is 6.92 Å². The molecule has 4 heteroatoms. The molecule has 0 radical (unpaired) electrons. The third-order valence-electron chi connectivity index (χ3n) is 1.68. The molecule has 0 saturated carbocycles. The summed E-state index contributed by atoms with van der Waals surface area (Å²) in [6, 6.07) is 5.03. The average Bonchev–Trinajstić information content (AvgIpc) is 2.12. The van der Waals surface area contributed by atoms with Gasteiger partial charge >= 0.3 is 0 Å². The Morgan fingerprint density at radius 3 is 2.36 bits per heavy atom. The van der Waals surface area contributed by atoms with Crippen molar-refractivity contribution >= 4 is 23.2 Å². The Labute approximate surface area is 93.4 Å². The summed E-state index contributed by atoms with van der Waals surface area (Å²) in [5.74, 6) is 0.732. The van der Waals surface area contributed by atoms with Gasteiger partial charge in [-0.2, -0.15) is 0 Å². The summed E-state index contributed by atoms with van der Waals surface area (Å²) in [7, 11) is 0. The van der Waals surface area contributed by atoms with E-state index in [4.69, 9.17) is 33.0 Å². The number of halogens is 2. The van der Waals surface area contributed by atoms with E-state index in [2.05, 4.69) is 0 Å². The Kier molecular flexibility index (Phi) is 4.52. The van der Waals surface area contributed by atoms with Gasteiger partial charge < -0.3 is 9.84 Å². The van der Waals surface area contributed by atoms with Crippen LogP contribution in [0.3, 0.4) is 0 Å². The third kappa shape index (κ3) is 3.74. The van der Waals surface area contributed by atoms with Crippen LogP contribution < -0.4 is 4.74 Å². The van der Waals surface area contributed by atoms with E-state index in [0.29, 0.717) is 22.4 Å². The van der Waals surface area contributed by atoms with Crippen LogP contribution in [-0.4, -0.2) is 18.3 Å². The van der Waals surface area contributed by atoms with Crippen molar-refractivity contribution in [2.45, 2.75) is 6.92 Å². The number of aliphatic hydroxyl groups is 1. The number of hydrogen-bond acceptors (Lipinski definition) is 2. The molecule has 0 aliphatic carbocycles. The van der Waals surface area contributed by atoms with Crippen molar-refractivity contribution in [1.82, 2.24) is 0 Å². The van der Waals surface area contributed by atoms with Gasteiger partial charge in [0.2, 0.25) is 0 Å². The fourth-order valence-corrected chi connectivity index (χ4v) is 1.41. The molecule has 0 amide bonds. The summed E-state index contributed by atoms with van der Waals surface area (Å²) in [6.45, 7) is 2.45. The minimum atomic E-state index is 0.104. The molecule has 0 bridgehead atoms. The Morgan fingerprint density at radius 2 is 1.86 bits per heavy atom. The van der Waals surface area contributed by atoms with E-state index in [9.17, 15) is 0 Å². The Morgan fingerprint density at radius 1 is 1.29 bits per heavy atom. The predicted molar refractivity (Wildman–Crippen MR) is 58.2 cm³/mol. The first kappa shape index (κ1) is 11.6. The summed E-state index contributed by atoms with van der Waals surface area (Å²) in [5.41, 5.74) is 0. The molecule has 14 heavy (non-hydrogen) atoms. The standard InChI is InChI=1S/C10H12Cl2O2/c1-7(5-13)6-14-10-3-8(11)2-9(12)4-10/h2-4,7,13H,5-6H2,1H3. The van der Waals surface area contributed by atoms with E-state index >= 15 is 0 Å². The lowest BCUT2D eigenvalue weighted by Crippen LogP contribution is -2.12. The molecular weight excluding hydrogens is 223 g/mol. The smallest absolute Gasteiger partial charge is 0.122 e. The van der Waals surface area contributed by atoms with Gasteiger partial charge in [0.1, 0.15) is 5.75 Å². The topological polar surface area (TPSA) is 29.5 Å². The summed E-state index contributed by atoms with van der Waals surface area (Å²) < 4.78 is 5.39. The number of hydrogen-bond donors (Lipinski definition) is 1. The van der Waals surface area contributed by atoms with Crippen LogP contribution in [0, 0.1) is 5.92 Å². The first-order valence-electron chi connectivity index (χ1n) is 4.31. The largest absolute Gasteiger partial charge is 0.493 e. The molecule has 0 heterocycles. The van der Waals surface area contributed by atoms with Crippen molar-refractivity contribution in [2.24, 2.45) is 5.92 Å². The quantitative estimate of drug-likeness (QED) is 0.869. The van der Waals surface area contributed by atoms with Gasteiger partial charge in [0, 0.05) is 22.6 Å². The zero-order valence-corrected chi connectivity index (χ0v) is 9.35. The second-order valence-corrected chi connectivity index (χ2v) is 4.08. The van der Waals surface area contributed by atoms with Crippen LogP contribution in [0.2, 0.25) is 10.0 Å². The molecular formula is C10H12Cl2O2. The molecule has 0 fully saturated rings. The lowest BCUT2D eigenvalue weighted by Gasteiger charge is -2.10. The van der Waals surface area contributed by atoms with Gasteiger partial charge in [-0.3, -0.25) is 0 Å². The molecule has 1 atom stereocenters. The van der Waals surface area contributed by atoms with E-state index < -0.39 is 0 Å². The lowest BCUT2D eigenvalue weighted by atomic mass is 10.2. The molecule has 1 N–H and O–H groups in total. The van der Waals surface area contributed by atoms with Crippen molar-refractivity contribution in [3.8, 4) is 5.75 Å².